The van der Waals surface area contributed by atoms with Gasteiger partial charge in [0.25, 0.3) is 5.91 Å². The lowest BCUT2D eigenvalue weighted by Gasteiger charge is -2.15. The Bertz CT molecular complexity index is 363. The minimum Gasteiger partial charge on any atom is -0.337 e. The van der Waals surface area contributed by atoms with Crippen LogP contribution in [0.2, 0.25) is 0 Å². The van der Waals surface area contributed by atoms with Crippen LogP contribution in [-0.2, 0) is 0 Å². The average molecular weight is 208 g/mol. The molecule has 4 heteroatoms. The van der Waals surface area contributed by atoms with Gasteiger partial charge in [0, 0.05) is 24.7 Å². The van der Waals surface area contributed by atoms with Gasteiger partial charge in [0.2, 0.25) is 0 Å². The third-order valence-electron chi connectivity index (χ3n) is 2.60. The molecule has 1 saturated heterocycles. The molecule has 0 bridgehead atoms. The van der Waals surface area contributed by atoms with E-state index in [9.17, 15) is 9.18 Å². The summed E-state index contributed by atoms with van der Waals surface area (Å²) < 4.78 is 12.6. The summed E-state index contributed by atoms with van der Waals surface area (Å²) in [7, 11) is 0. The molecular formula is C11H13FN2O. The molecule has 0 aromatic heterocycles. The molecular weight excluding hydrogens is 195 g/mol. The first kappa shape index (κ1) is 10.1. The van der Waals surface area contributed by atoms with Crippen molar-refractivity contribution in [3.05, 3.63) is 35.6 Å². The summed E-state index contributed by atoms with van der Waals surface area (Å²) >= 11 is 0. The summed E-state index contributed by atoms with van der Waals surface area (Å²) in [6.45, 7) is 1.29. The minimum atomic E-state index is -0.329. The Morgan fingerprint density at radius 2 is 2.07 bits per heavy atom. The van der Waals surface area contributed by atoms with E-state index in [1.54, 1.807) is 4.90 Å². The molecule has 1 aromatic rings. The van der Waals surface area contributed by atoms with E-state index >= 15 is 0 Å². The highest BCUT2D eigenvalue weighted by molar-refractivity contribution is 5.94. The molecule has 1 aliphatic rings. The number of rotatable bonds is 1. The number of benzene rings is 1. The summed E-state index contributed by atoms with van der Waals surface area (Å²) in [6.07, 6.45) is 0.840. The number of nitrogens with zero attached hydrogens (tertiary/aromatic N) is 1. The number of hydrogen-bond donors (Lipinski definition) is 1. The molecule has 1 aliphatic heterocycles. The first-order chi connectivity index (χ1) is 7.16. The van der Waals surface area contributed by atoms with Crippen molar-refractivity contribution >= 4 is 5.91 Å². The van der Waals surface area contributed by atoms with Crippen LogP contribution in [0.1, 0.15) is 16.8 Å². The summed E-state index contributed by atoms with van der Waals surface area (Å²) in [5, 5.41) is 0. The van der Waals surface area contributed by atoms with Crippen molar-refractivity contribution in [1.82, 2.24) is 4.90 Å². The third kappa shape index (κ3) is 2.15. The fourth-order valence-electron chi connectivity index (χ4n) is 1.75. The fraction of sp³-hybridized carbons (Fsp3) is 0.364. The smallest absolute Gasteiger partial charge is 0.253 e. The van der Waals surface area contributed by atoms with Crippen LogP contribution in [-0.4, -0.2) is 29.9 Å². The van der Waals surface area contributed by atoms with Gasteiger partial charge in [-0.05, 0) is 30.7 Å². The van der Waals surface area contributed by atoms with E-state index in [-0.39, 0.29) is 17.8 Å². The molecule has 80 valence electrons. The largest absolute Gasteiger partial charge is 0.337 e. The molecule has 1 unspecified atom stereocenters. The second-order valence-electron chi connectivity index (χ2n) is 3.81. The van der Waals surface area contributed by atoms with E-state index in [0.29, 0.717) is 18.7 Å². The summed E-state index contributed by atoms with van der Waals surface area (Å²) in [6, 6.07) is 5.67. The van der Waals surface area contributed by atoms with Gasteiger partial charge in [0.15, 0.2) is 0 Å². The van der Waals surface area contributed by atoms with E-state index < -0.39 is 0 Å². The van der Waals surface area contributed by atoms with Gasteiger partial charge < -0.3 is 10.6 Å². The molecule has 1 heterocycles. The molecule has 1 fully saturated rings. The van der Waals surface area contributed by atoms with Crippen LogP contribution in [0.4, 0.5) is 4.39 Å². The van der Waals surface area contributed by atoms with Crippen molar-refractivity contribution in [2.45, 2.75) is 12.5 Å². The Balaban J connectivity index is 2.11. The van der Waals surface area contributed by atoms with Gasteiger partial charge in [-0.3, -0.25) is 4.79 Å². The number of nitrogens with two attached hydrogens (primary N) is 1. The van der Waals surface area contributed by atoms with Crippen molar-refractivity contribution in [2.24, 2.45) is 5.73 Å². The molecule has 2 N–H and O–H groups in total. The lowest BCUT2D eigenvalue weighted by Crippen LogP contribution is -2.31. The maximum atomic E-state index is 12.6. The molecule has 0 spiro atoms. The summed E-state index contributed by atoms with van der Waals surface area (Å²) in [4.78, 5) is 13.6. The minimum absolute atomic E-state index is 0.0667. The van der Waals surface area contributed by atoms with Crippen molar-refractivity contribution < 1.29 is 9.18 Å². The van der Waals surface area contributed by atoms with E-state index in [4.69, 9.17) is 5.73 Å². The highest BCUT2D eigenvalue weighted by atomic mass is 19.1. The number of carbonyl (C=O) groups is 1. The van der Waals surface area contributed by atoms with Gasteiger partial charge in [0.1, 0.15) is 5.82 Å². The van der Waals surface area contributed by atoms with Crippen LogP contribution in [0.25, 0.3) is 0 Å². The molecule has 1 aromatic carbocycles. The average Bonchev–Trinajstić information content (AvgIpc) is 2.65. The van der Waals surface area contributed by atoms with E-state index in [1.165, 1.54) is 24.3 Å². The van der Waals surface area contributed by atoms with Crippen LogP contribution < -0.4 is 5.73 Å². The molecule has 2 rings (SSSR count). The van der Waals surface area contributed by atoms with Gasteiger partial charge in [-0.2, -0.15) is 0 Å². The first-order valence-electron chi connectivity index (χ1n) is 4.97. The lowest BCUT2D eigenvalue weighted by molar-refractivity contribution is 0.0791. The van der Waals surface area contributed by atoms with Gasteiger partial charge >= 0.3 is 0 Å². The number of amides is 1. The Hall–Kier alpha value is -1.42. The topological polar surface area (TPSA) is 46.3 Å². The lowest BCUT2D eigenvalue weighted by atomic mass is 10.2. The number of carbonyl (C=O) groups excluding carboxylic acids is 1. The quantitative estimate of drug-likeness (QED) is 0.748. The number of halogens is 1. The normalized spacial score (nSPS) is 20.7. The van der Waals surface area contributed by atoms with E-state index in [2.05, 4.69) is 0 Å². The molecule has 3 nitrogen and oxygen atoms in total. The molecule has 1 atom stereocenters. The second-order valence-corrected chi connectivity index (χ2v) is 3.81. The van der Waals surface area contributed by atoms with Crippen LogP contribution >= 0.6 is 0 Å². The zero-order valence-electron chi connectivity index (χ0n) is 8.32. The zero-order chi connectivity index (χ0) is 10.8. The van der Waals surface area contributed by atoms with Crippen molar-refractivity contribution in [2.75, 3.05) is 13.1 Å². The maximum absolute atomic E-state index is 12.6. The van der Waals surface area contributed by atoms with Crippen LogP contribution in [0.5, 0.6) is 0 Å². The molecule has 15 heavy (non-hydrogen) atoms. The molecule has 0 aliphatic carbocycles. The molecule has 0 radical (unpaired) electrons. The van der Waals surface area contributed by atoms with Gasteiger partial charge in [-0.1, -0.05) is 0 Å². The Kier molecular flexibility index (Phi) is 2.68. The summed E-state index contributed by atoms with van der Waals surface area (Å²) in [5.74, 6) is -0.396. The number of likely N-dealkylation sites (tertiary alicyclic amines) is 1. The fourth-order valence-corrected chi connectivity index (χ4v) is 1.75. The zero-order valence-corrected chi connectivity index (χ0v) is 8.32. The number of hydrogen-bond acceptors (Lipinski definition) is 2. The van der Waals surface area contributed by atoms with E-state index in [0.717, 1.165) is 6.42 Å². The predicted octanol–water partition coefficient (Wildman–Crippen LogP) is 0.999. The van der Waals surface area contributed by atoms with Crippen molar-refractivity contribution in [3.63, 3.8) is 0 Å². The molecule has 0 saturated carbocycles. The second kappa shape index (κ2) is 3.98. The van der Waals surface area contributed by atoms with Crippen LogP contribution in [0.15, 0.2) is 24.3 Å². The standard InChI is InChI=1S/C11H13FN2O/c12-9-3-1-8(2-4-9)11(15)14-6-5-10(13)7-14/h1-4,10H,5-7,13H2. The van der Waals surface area contributed by atoms with Gasteiger partial charge in [-0.25, -0.2) is 4.39 Å². The summed E-state index contributed by atoms with van der Waals surface area (Å²) in [5.41, 5.74) is 6.23. The molecule has 1 amide bonds. The Morgan fingerprint density at radius 3 is 2.60 bits per heavy atom. The SMILES string of the molecule is NC1CCN(C(=O)c2ccc(F)cc2)C1. The van der Waals surface area contributed by atoms with Crippen LogP contribution in [0.3, 0.4) is 0 Å². The predicted molar refractivity (Wildman–Crippen MR) is 54.9 cm³/mol. The van der Waals surface area contributed by atoms with Gasteiger partial charge in [0.05, 0.1) is 0 Å². The first-order valence-corrected chi connectivity index (χ1v) is 4.97. The highest BCUT2D eigenvalue weighted by Crippen LogP contribution is 2.12. The third-order valence-corrected chi connectivity index (χ3v) is 2.60. The Labute approximate surface area is 87.7 Å². The Morgan fingerprint density at radius 1 is 1.40 bits per heavy atom. The van der Waals surface area contributed by atoms with E-state index in [1.807, 2.05) is 0 Å². The van der Waals surface area contributed by atoms with Gasteiger partial charge in [-0.15, -0.1) is 0 Å². The van der Waals surface area contributed by atoms with Crippen molar-refractivity contribution in [3.8, 4) is 0 Å². The van der Waals surface area contributed by atoms with Crippen LogP contribution in [0, 0.1) is 5.82 Å². The highest BCUT2D eigenvalue weighted by Gasteiger charge is 2.24. The van der Waals surface area contributed by atoms with Crippen molar-refractivity contribution in [1.29, 1.82) is 0 Å². The maximum Gasteiger partial charge on any atom is 0.253 e. The monoisotopic (exact) mass is 208 g/mol.